The van der Waals surface area contributed by atoms with E-state index in [9.17, 15) is 0 Å². The summed E-state index contributed by atoms with van der Waals surface area (Å²) in [6.07, 6.45) is 8.47. The van der Waals surface area contributed by atoms with Crippen LogP contribution in [-0.4, -0.2) is 19.9 Å². The number of nitrogens with zero attached hydrogens (tertiary/aromatic N) is 2. The van der Waals surface area contributed by atoms with Crippen LogP contribution in [0.5, 0.6) is 0 Å². The van der Waals surface area contributed by atoms with Gasteiger partial charge in [0.25, 0.3) is 0 Å². The number of aryl methyl sites for hydroxylation is 1. The summed E-state index contributed by atoms with van der Waals surface area (Å²) in [4.78, 5) is 17.9. The Kier molecular flexibility index (Phi) is 6.43. The van der Waals surface area contributed by atoms with E-state index in [4.69, 9.17) is 9.97 Å². The highest BCUT2D eigenvalue weighted by atomic mass is 31.0. The van der Waals surface area contributed by atoms with Crippen LogP contribution in [0.1, 0.15) is 28.3 Å². The minimum absolute atomic E-state index is 0.911. The molecule has 210 valence electrons. The monoisotopic (exact) mass is 584 g/mol. The fourth-order valence-electron chi connectivity index (χ4n) is 6.07. The van der Waals surface area contributed by atoms with Crippen LogP contribution in [0, 0.1) is 6.92 Å². The van der Waals surface area contributed by atoms with Gasteiger partial charge in [-0.15, -0.1) is 9.24 Å². The van der Waals surface area contributed by atoms with Gasteiger partial charge in [0.2, 0.25) is 0 Å². The number of rotatable bonds is 3. The first-order valence-electron chi connectivity index (χ1n) is 14.7. The van der Waals surface area contributed by atoms with Gasteiger partial charge in [-0.3, -0.25) is 0 Å². The predicted octanol–water partition coefficient (Wildman–Crippen LogP) is 9.47. The van der Waals surface area contributed by atoms with Crippen molar-refractivity contribution in [2.75, 3.05) is 0 Å². The standard InChI is InChI=1S/C39H29N4P/c1-24-12-14-27(15-13-24)38-31-19-18-29(41-31)36(25-8-4-2-5-9-25)28-16-17-30(40-28)37(26-10-6-3-7-11-26)32-20-22-34(42-32)39(44)35-23-21-33(38)43-35/h2-23,41-42H,44H2,1H3. The van der Waals surface area contributed by atoms with Gasteiger partial charge in [-0.05, 0) is 72.2 Å². The maximum absolute atomic E-state index is 5.29. The van der Waals surface area contributed by atoms with Crippen molar-refractivity contribution in [2.45, 2.75) is 6.92 Å². The third-order valence-corrected chi connectivity index (χ3v) is 8.87. The van der Waals surface area contributed by atoms with Crippen molar-refractivity contribution in [3.05, 3.63) is 138 Å². The summed E-state index contributed by atoms with van der Waals surface area (Å²) in [6.45, 7) is 2.11. The minimum atomic E-state index is 0.911. The van der Waals surface area contributed by atoms with Gasteiger partial charge in [0, 0.05) is 44.1 Å². The van der Waals surface area contributed by atoms with Crippen molar-refractivity contribution < 1.29 is 0 Å². The zero-order valence-corrected chi connectivity index (χ0v) is 25.3. The summed E-state index contributed by atoms with van der Waals surface area (Å²) < 4.78 is 0. The van der Waals surface area contributed by atoms with Gasteiger partial charge in [-0.2, -0.15) is 0 Å². The first-order chi connectivity index (χ1) is 21.6. The first kappa shape index (κ1) is 26.3. The smallest absolute Gasteiger partial charge is 0.0737 e. The molecule has 4 nitrogen and oxygen atoms in total. The molecule has 1 atom stereocenters. The quantitative estimate of drug-likeness (QED) is 0.203. The fraction of sp³-hybridized carbons (Fsp3) is 0.0256. The van der Waals surface area contributed by atoms with Crippen LogP contribution >= 0.6 is 9.24 Å². The molecular formula is C39H29N4P. The summed E-state index contributed by atoms with van der Waals surface area (Å²) in [5.41, 5.74) is 15.4. The third kappa shape index (κ3) is 4.61. The van der Waals surface area contributed by atoms with Gasteiger partial charge in [-0.25, -0.2) is 9.97 Å². The van der Waals surface area contributed by atoms with E-state index in [1.165, 1.54) is 5.56 Å². The number of hydrogen-bond acceptors (Lipinski definition) is 2. The maximum atomic E-state index is 5.29. The van der Waals surface area contributed by atoms with Gasteiger partial charge < -0.3 is 9.97 Å². The molecular weight excluding hydrogens is 555 g/mol. The molecule has 0 spiro atoms. The van der Waals surface area contributed by atoms with Gasteiger partial charge in [0.1, 0.15) is 0 Å². The molecule has 6 aromatic rings. The predicted molar refractivity (Wildman–Crippen MR) is 189 cm³/mol. The summed E-state index contributed by atoms with van der Waals surface area (Å²) >= 11 is 0. The summed E-state index contributed by atoms with van der Waals surface area (Å²) in [5.74, 6) is 0. The lowest BCUT2D eigenvalue weighted by Crippen LogP contribution is -1.97. The molecule has 2 aliphatic rings. The largest absolute Gasteiger partial charge is 0.354 e. The minimum Gasteiger partial charge on any atom is -0.354 e. The Morgan fingerprint density at radius 1 is 0.432 bits per heavy atom. The maximum Gasteiger partial charge on any atom is 0.0737 e. The number of H-pyrrole nitrogens is 2. The molecule has 3 aromatic carbocycles. The van der Waals surface area contributed by atoms with E-state index in [1.54, 1.807) is 0 Å². The average Bonchev–Trinajstić information content (AvgIpc) is 3.89. The van der Waals surface area contributed by atoms with Gasteiger partial charge in [0.15, 0.2) is 0 Å². The van der Waals surface area contributed by atoms with E-state index in [2.05, 4.69) is 147 Å². The molecule has 5 heterocycles. The Labute approximate surface area is 258 Å². The molecule has 0 saturated heterocycles. The molecule has 0 fully saturated rings. The third-order valence-electron chi connectivity index (χ3n) is 8.26. The van der Waals surface area contributed by atoms with E-state index >= 15 is 0 Å². The molecule has 1 unspecified atom stereocenters. The number of aromatic nitrogens is 4. The molecule has 5 heteroatoms. The van der Waals surface area contributed by atoms with Crippen LogP contribution in [-0.2, 0) is 0 Å². The van der Waals surface area contributed by atoms with E-state index in [-0.39, 0.29) is 0 Å². The van der Waals surface area contributed by atoms with E-state index in [1.807, 2.05) is 12.1 Å². The summed E-state index contributed by atoms with van der Waals surface area (Å²) in [5, 5.41) is 1.01. The Morgan fingerprint density at radius 3 is 1.32 bits per heavy atom. The van der Waals surface area contributed by atoms with Crippen LogP contribution in [0.4, 0.5) is 0 Å². The fourth-order valence-corrected chi connectivity index (χ4v) is 6.40. The number of fused-ring (bicyclic) bond motifs is 8. The van der Waals surface area contributed by atoms with Crippen LogP contribution in [0.3, 0.4) is 0 Å². The van der Waals surface area contributed by atoms with Gasteiger partial charge in [-0.1, -0.05) is 90.5 Å². The van der Waals surface area contributed by atoms with E-state index < -0.39 is 0 Å². The summed E-state index contributed by atoms with van der Waals surface area (Å²) in [7, 11) is 2.90. The molecule has 0 amide bonds. The SMILES string of the molecule is Cc1ccc(-c2c3nc(c(P)c4ccc([nH]4)c(-c4ccccc4)c4nc(c(-c5ccccc5)c5ccc2[nH]5)C=C4)C=C3)cc1. The highest BCUT2D eigenvalue weighted by Gasteiger charge is 2.17. The molecule has 3 aromatic heterocycles. The first-order valence-corrected chi connectivity index (χ1v) is 15.3. The van der Waals surface area contributed by atoms with Crippen molar-refractivity contribution in [3.8, 4) is 33.4 Å². The highest BCUT2D eigenvalue weighted by molar-refractivity contribution is 7.28. The van der Waals surface area contributed by atoms with Gasteiger partial charge >= 0.3 is 0 Å². The molecule has 8 bridgehead atoms. The van der Waals surface area contributed by atoms with Crippen LogP contribution in [0.2, 0.25) is 0 Å². The Bertz CT molecular complexity index is 2270. The van der Waals surface area contributed by atoms with Crippen molar-refractivity contribution in [3.63, 3.8) is 0 Å². The molecule has 0 radical (unpaired) electrons. The molecule has 0 saturated carbocycles. The van der Waals surface area contributed by atoms with Gasteiger partial charge in [0.05, 0.1) is 22.8 Å². The van der Waals surface area contributed by atoms with Crippen molar-refractivity contribution >= 4 is 60.9 Å². The Balaban J connectivity index is 1.55. The number of nitrogens with one attached hydrogen (secondary N) is 2. The van der Waals surface area contributed by atoms with Crippen molar-refractivity contribution in [1.29, 1.82) is 0 Å². The number of hydrogen-bond donors (Lipinski definition) is 2. The molecule has 2 aliphatic heterocycles. The molecule has 44 heavy (non-hydrogen) atoms. The highest BCUT2D eigenvalue weighted by Crippen LogP contribution is 2.36. The zero-order chi connectivity index (χ0) is 29.6. The van der Waals surface area contributed by atoms with Crippen LogP contribution in [0.15, 0.2) is 109 Å². The van der Waals surface area contributed by atoms with Crippen molar-refractivity contribution in [1.82, 2.24) is 19.9 Å². The lowest BCUT2D eigenvalue weighted by atomic mass is 10.0. The normalized spacial score (nSPS) is 12.1. The summed E-state index contributed by atoms with van der Waals surface area (Å²) in [6, 6.07) is 38.2. The van der Waals surface area contributed by atoms with E-state index in [0.29, 0.717) is 0 Å². The lowest BCUT2D eigenvalue weighted by molar-refractivity contribution is 1.31. The molecule has 0 aliphatic carbocycles. The van der Waals surface area contributed by atoms with Crippen molar-refractivity contribution in [2.24, 2.45) is 0 Å². The zero-order valence-electron chi connectivity index (χ0n) is 24.2. The average molecular weight is 585 g/mol. The Morgan fingerprint density at radius 2 is 0.818 bits per heavy atom. The second-order valence-electron chi connectivity index (χ2n) is 11.1. The van der Waals surface area contributed by atoms with E-state index in [0.717, 1.165) is 83.5 Å². The number of benzene rings is 3. The number of aromatic amines is 2. The second-order valence-corrected chi connectivity index (χ2v) is 11.7. The molecule has 8 rings (SSSR count). The topological polar surface area (TPSA) is 57.4 Å². The Hall–Kier alpha value is -5.31. The second kappa shape index (κ2) is 10.8. The lowest BCUT2D eigenvalue weighted by Gasteiger charge is -2.06. The van der Waals surface area contributed by atoms with Crippen LogP contribution in [0.25, 0.3) is 79.8 Å². The van der Waals surface area contributed by atoms with Crippen LogP contribution < -0.4 is 5.30 Å². The molecule has 2 N–H and O–H groups in total.